The predicted molar refractivity (Wildman–Crippen MR) is 65.8 cm³/mol. The van der Waals surface area contributed by atoms with Crippen LogP contribution in [0.3, 0.4) is 0 Å². The van der Waals surface area contributed by atoms with Crippen LogP contribution in [0, 0.1) is 5.92 Å². The van der Waals surface area contributed by atoms with Crippen LogP contribution in [0.5, 0.6) is 0 Å². The number of amides is 1. The first-order valence-corrected chi connectivity index (χ1v) is 6.05. The zero-order chi connectivity index (χ0) is 12.3. The van der Waals surface area contributed by atoms with Crippen LogP contribution in [0.15, 0.2) is 0 Å². The molecule has 0 aliphatic carbocycles. The van der Waals surface area contributed by atoms with Gasteiger partial charge in [0.25, 0.3) is 0 Å². The van der Waals surface area contributed by atoms with Crippen molar-refractivity contribution in [3.63, 3.8) is 0 Å². The van der Waals surface area contributed by atoms with Gasteiger partial charge in [-0.15, -0.1) is 0 Å². The van der Waals surface area contributed by atoms with Gasteiger partial charge in [-0.3, -0.25) is 4.79 Å². The Bertz CT molecular complexity index is 235. The maximum absolute atomic E-state index is 12.0. The summed E-state index contributed by atoms with van der Waals surface area (Å²) in [7, 11) is 3.29. The van der Waals surface area contributed by atoms with Gasteiger partial charge in [0.2, 0.25) is 5.91 Å². The number of carbonyl (C=O) groups excluding carboxylic acids is 1. The first-order chi connectivity index (χ1) is 7.51. The molecular formula is C11H21NO3S. The highest BCUT2D eigenvalue weighted by Gasteiger charge is 2.37. The molecule has 1 amide bonds. The summed E-state index contributed by atoms with van der Waals surface area (Å²) in [6, 6.07) is 0. The average Bonchev–Trinajstić information content (AvgIpc) is 2.69. The maximum Gasteiger partial charge on any atom is 0.235 e. The number of nitrogens with zero attached hydrogens (tertiary/aromatic N) is 1. The van der Waals surface area contributed by atoms with Gasteiger partial charge in [0.15, 0.2) is 0 Å². The topological polar surface area (TPSA) is 38.8 Å². The SMILES string of the molecule is COC1CN(C(=O)C(S)C(C)C)CC1OC. The van der Waals surface area contributed by atoms with Gasteiger partial charge in [-0.05, 0) is 5.92 Å². The Hall–Kier alpha value is -0.260. The quantitative estimate of drug-likeness (QED) is 0.747. The van der Waals surface area contributed by atoms with E-state index in [4.69, 9.17) is 9.47 Å². The van der Waals surface area contributed by atoms with Crippen LogP contribution in [0.4, 0.5) is 0 Å². The second kappa shape index (κ2) is 5.89. The molecule has 0 N–H and O–H groups in total. The number of methoxy groups -OCH3 is 2. The molecule has 3 unspecified atom stereocenters. The van der Waals surface area contributed by atoms with Crippen molar-refractivity contribution < 1.29 is 14.3 Å². The molecule has 0 radical (unpaired) electrons. The van der Waals surface area contributed by atoms with Gasteiger partial charge in [-0.1, -0.05) is 13.8 Å². The molecule has 1 rings (SSSR count). The zero-order valence-corrected chi connectivity index (χ0v) is 11.2. The van der Waals surface area contributed by atoms with E-state index in [1.807, 2.05) is 13.8 Å². The molecular weight excluding hydrogens is 226 g/mol. The van der Waals surface area contributed by atoms with E-state index >= 15 is 0 Å². The van der Waals surface area contributed by atoms with Crippen molar-refractivity contribution in [1.82, 2.24) is 4.90 Å². The van der Waals surface area contributed by atoms with E-state index in [9.17, 15) is 4.79 Å². The van der Waals surface area contributed by atoms with Crippen molar-refractivity contribution in [2.24, 2.45) is 5.92 Å². The molecule has 16 heavy (non-hydrogen) atoms. The molecule has 4 nitrogen and oxygen atoms in total. The number of ether oxygens (including phenoxy) is 2. The smallest absolute Gasteiger partial charge is 0.235 e. The number of carbonyl (C=O) groups is 1. The molecule has 0 bridgehead atoms. The Morgan fingerprint density at radius 2 is 1.69 bits per heavy atom. The van der Waals surface area contributed by atoms with Crippen LogP contribution in [-0.2, 0) is 14.3 Å². The fraction of sp³-hybridized carbons (Fsp3) is 0.909. The number of likely N-dealkylation sites (tertiary alicyclic amines) is 1. The van der Waals surface area contributed by atoms with E-state index in [-0.39, 0.29) is 29.3 Å². The van der Waals surface area contributed by atoms with Crippen LogP contribution >= 0.6 is 12.6 Å². The molecule has 0 aromatic carbocycles. The average molecular weight is 247 g/mol. The summed E-state index contributed by atoms with van der Waals surface area (Å²) in [6.45, 7) is 5.18. The zero-order valence-electron chi connectivity index (χ0n) is 10.3. The molecule has 1 aliphatic heterocycles. The van der Waals surface area contributed by atoms with Crippen molar-refractivity contribution >= 4 is 18.5 Å². The van der Waals surface area contributed by atoms with E-state index in [0.717, 1.165) is 0 Å². The highest BCUT2D eigenvalue weighted by Crippen LogP contribution is 2.20. The summed E-state index contributed by atoms with van der Waals surface area (Å²) in [5.41, 5.74) is 0. The maximum atomic E-state index is 12.0. The van der Waals surface area contributed by atoms with Crippen LogP contribution in [0.1, 0.15) is 13.8 Å². The molecule has 3 atom stereocenters. The standard InChI is InChI=1S/C11H21NO3S/c1-7(2)10(16)11(13)12-5-8(14-3)9(6-12)15-4/h7-10,16H,5-6H2,1-4H3. The van der Waals surface area contributed by atoms with Gasteiger partial charge in [0, 0.05) is 27.3 Å². The number of rotatable bonds is 4. The monoisotopic (exact) mass is 247 g/mol. The number of hydrogen-bond donors (Lipinski definition) is 1. The summed E-state index contributed by atoms with van der Waals surface area (Å²) in [4.78, 5) is 13.8. The van der Waals surface area contributed by atoms with Gasteiger partial charge in [-0.25, -0.2) is 0 Å². The minimum atomic E-state index is -0.242. The summed E-state index contributed by atoms with van der Waals surface area (Å²) in [6.07, 6.45) is -0.0525. The number of hydrogen-bond acceptors (Lipinski definition) is 4. The second-order valence-electron chi connectivity index (χ2n) is 4.48. The van der Waals surface area contributed by atoms with Crippen LogP contribution in [-0.4, -0.2) is 55.6 Å². The predicted octanol–water partition coefficient (Wildman–Crippen LogP) is 0.813. The Morgan fingerprint density at radius 1 is 1.25 bits per heavy atom. The Morgan fingerprint density at radius 3 is 2.00 bits per heavy atom. The normalized spacial score (nSPS) is 27.5. The van der Waals surface area contributed by atoms with Gasteiger partial charge in [0.05, 0.1) is 5.25 Å². The van der Waals surface area contributed by atoms with Crippen LogP contribution < -0.4 is 0 Å². The molecule has 1 fully saturated rings. The Balaban J connectivity index is 2.60. The van der Waals surface area contributed by atoms with Crippen LogP contribution in [0.25, 0.3) is 0 Å². The van der Waals surface area contributed by atoms with E-state index < -0.39 is 0 Å². The molecule has 0 aromatic heterocycles. The van der Waals surface area contributed by atoms with Gasteiger partial charge < -0.3 is 14.4 Å². The second-order valence-corrected chi connectivity index (χ2v) is 5.04. The highest BCUT2D eigenvalue weighted by atomic mass is 32.1. The third kappa shape index (κ3) is 2.90. The fourth-order valence-electron chi connectivity index (χ4n) is 1.85. The first kappa shape index (κ1) is 13.8. The summed E-state index contributed by atoms with van der Waals surface area (Å²) < 4.78 is 10.6. The third-order valence-electron chi connectivity index (χ3n) is 3.02. The molecule has 1 saturated heterocycles. The molecule has 94 valence electrons. The number of thiol groups is 1. The Kier molecular flexibility index (Phi) is 5.08. The summed E-state index contributed by atoms with van der Waals surface area (Å²) in [5.74, 6) is 0.304. The molecule has 1 heterocycles. The molecule has 5 heteroatoms. The van der Waals surface area contributed by atoms with E-state index in [1.165, 1.54) is 0 Å². The van der Waals surface area contributed by atoms with Crippen LogP contribution in [0.2, 0.25) is 0 Å². The lowest BCUT2D eigenvalue weighted by Crippen LogP contribution is -2.38. The lowest BCUT2D eigenvalue weighted by molar-refractivity contribution is -0.130. The molecule has 1 aliphatic rings. The summed E-state index contributed by atoms with van der Waals surface area (Å²) >= 11 is 4.34. The van der Waals surface area contributed by atoms with Crippen molar-refractivity contribution in [1.29, 1.82) is 0 Å². The Labute approximate surface area is 103 Å². The van der Waals surface area contributed by atoms with E-state index in [0.29, 0.717) is 13.1 Å². The van der Waals surface area contributed by atoms with Crippen molar-refractivity contribution in [2.75, 3.05) is 27.3 Å². The summed E-state index contributed by atoms with van der Waals surface area (Å²) in [5, 5.41) is -0.242. The van der Waals surface area contributed by atoms with Crippen molar-refractivity contribution in [3.05, 3.63) is 0 Å². The fourth-order valence-corrected chi connectivity index (χ4v) is 2.01. The minimum Gasteiger partial charge on any atom is -0.377 e. The van der Waals surface area contributed by atoms with E-state index in [2.05, 4.69) is 12.6 Å². The molecule has 0 spiro atoms. The first-order valence-electron chi connectivity index (χ1n) is 5.53. The van der Waals surface area contributed by atoms with Gasteiger partial charge >= 0.3 is 0 Å². The van der Waals surface area contributed by atoms with Crippen molar-refractivity contribution in [2.45, 2.75) is 31.3 Å². The third-order valence-corrected chi connectivity index (χ3v) is 3.83. The van der Waals surface area contributed by atoms with E-state index in [1.54, 1.807) is 19.1 Å². The largest absolute Gasteiger partial charge is 0.377 e. The molecule has 0 saturated carbocycles. The van der Waals surface area contributed by atoms with Gasteiger partial charge in [0.1, 0.15) is 12.2 Å². The highest BCUT2D eigenvalue weighted by molar-refractivity contribution is 7.81. The minimum absolute atomic E-state index is 0.0263. The lowest BCUT2D eigenvalue weighted by atomic mass is 10.1. The molecule has 0 aromatic rings. The lowest BCUT2D eigenvalue weighted by Gasteiger charge is -2.22. The van der Waals surface area contributed by atoms with Gasteiger partial charge in [-0.2, -0.15) is 12.6 Å². The van der Waals surface area contributed by atoms with Crippen molar-refractivity contribution in [3.8, 4) is 0 Å².